The molecule has 0 N–H and O–H groups in total. The van der Waals surface area contributed by atoms with Crippen molar-refractivity contribution in [1.82, 2.24) is 14.6 Å². The van der Waals surface area contributed by atoms with Crippen LogP contribution in [0.4, 0.5) is 0 Å². The normalized spacial score (nSPS) is 19.6. The molecular formula is C13H11BrN4. The summed E-state index contributed by atoms with van der Waals surface area (Å²) in [5.74, 6) is 0.154. The second kappa shape index (κ2) is 4.54. The summed E-state index contributed by atoms with van der Waals surface area (Å²) in [6.07, 6.45) is 10.2. The smallest absolute Gasteiger partial charge is 0.106 e. The monoisotopic (exact) mass is 302 g/mol. The fourth-order valence-corrected chi connectivity index (χ4v) is 2.77. The molecule has 0 aliphatic heterocycles. The van der Waals surface area contributed by atoms with Gasteiger partial charge in [0.05, 0.1) is 28.4 Å². The quantitative estimate of drug-likeness (QED) is 0.813. The zero-order chi connectivity index (χ0) is 12.5. The van der Waals surface area contributed by atoms with E-state index < -0.39 is 0 Å². The first-order valence-corrected chi connectivity index (χ1v) is 6.66. The molecule has 4 nitrogen and oxygen atoms in total. The van der Waals surface area contributed by atoms with E-state index in [-0.39, 0.29) is 5.92 Å². The summed E-state index contributed by atoms with van der Waals surface area (Å²) in [6, 6.07) is 2.33. The first-order valence-electron chi connectivity index (χ1n) is 5.86. The van der Waals surface area contributed by atoms with Crippen LogP contribution < -0.4 is 0 Å². The molecule has 2 aromatic heterocycles. The fraction of sp³-hybridized carbons (Fsp3) is 0.308. The van der Waals surface area contributed by atoms with Crippen LogP contribution >= 0.6 is 15.9 Å². The molecule has 1 unspecified atom stereocenters. The van der Waals surface area contributed by atoms with Gasteiger partial charge in [0.1, 0.15) is 5.52 Å². The Morgan fingerprint density at radius 1 is 1.50 bits per heavy atom. The van der Waals surface area contributed by atoms with E-state index in [2.05, 4.69) is 38.2 Å². The molecule has 3 rings (SSSR count). The fourth-order valence-electron chi connectivity index (χ4n) is 2.31. The van der Waals surface area contributed by atoms with E-state index in [1.165, 1.54) is 5.57 Å². The van der Waals surface area contributed by atoms with Gasteiger partial charge in [-0.25, -0.2) is 4.52 Å². The van der Waals surface area contributed by atoms with Gasteiger partial charge >= 0.3 is 0 Å². The van der Waals surface area contributed by atoms with Crippen LogP contribution in [0.25, 0.3) is 11.1 Å². The highest BCUT2D eigenvalue weighted by atomic mass is 79.9. The lowest BCUT2D eigenvalue weighted by Crippen LogP contribution is -2.05. The predicted octanol–water partition coefficient (Wildman–Crippen LogP) is 3.20. The Balaban J connectivity index is 2.08. The van der Waals surface area contributed by atoms with Crippen molar-refractivity contribution in [3.05, 3.63) is 34.8 Å². The van der Waals surface area contributed by atoms with Crippen molar-refractivity contribution in [3.8, 4) is 6.07 Å². The van der Waals surface area contributed by atoms with E-state index in [9.17, 15) is 0 Å². The second-order valence-electron chi connectivity index (χ2n) is 4.39. The molecule has 2 heterocycles. The first kappa shape index (κ1) is 11.4. The summed E-state index contributed by atoms with van der Waals surface area (Å²) < 4.78 is 2.78. The van der Waals surface area contributed by atoms with Crippen LogP contribution in [0.5, 0.6) is 0 Å². The SMILES string of the molecule is N#CC1CC=C(c2nccn3ncc(Br)c23)CC1. The minimum atomic E-state index is 0.154. The predicted molar refractivity (Wildman–Crippen MR) is 71.6 cm³/mol. The lowest BCUT2D eigenvalue weighted by Gasteiger charge is -2.16. The number of aromatic nitrogens is 3. The standard InChI is InChI=1S/C13H11BrN4/c14-11-8-17-18-6-5-16-12(13(11)18)10-3-1-9(7-15)2-4-10/h3,5-6,8-9H,1-2,4H2. The average molecular weight is 303 g/mol. The molecule has 2 aromatic rings. The Hall–Kier alpha value is -1.67. The van der Waals surface area contributed by atoms with Gasteiger partial charge in [0.15, 0.2) is 0 Å². The maximum absolute atomic E-state index is 8.91. The molecule has 0 spiro atoms. The van der Waals surface area contributed by atoms with Crippen LogP contribution in [0.3, 0.4) is 0 Å². The van der Waals surface area contributed by atoms with E-state index >= 15 is 0 Å². The van der Waals surface area contributed by atoms with Gasteiger partial charge in [-0.3, -0.25) is 4.98 Å². The average Bonchev–Trinajstić information content (AvgIpc) is 2.81. The maximum atomic E-state index is 8.91. The summed E-state index contributed by atoms with van der Waals surface area (Å²) >= 11 is 3.51. The van der Waals surface area contributed by atoms with Crippen LogP contribution in [-0.2, 0) is 0 Å². The van der Waals surface area contributed by atoms with E-state index in [1.807, 2.05) is 10.7 Å². The molecule has 0 bridgehead atoms. The minimum absolute atomic E-state index is 0.154. The third kappa shape index (κ3) is 1.83. The van der Waals surface area contributed by atoms with E-state index in [4.69, 9.17) is 5.26 Å². The Bertz CT molecular complexity index is 665. The topological polar surface area (TPSA) is 54.0 Å². The molecule has 1 atom stereocenters. The van der Waals surface area contributed by atoms with Crippen molar-refractivity contribution in [3.63, 3.8) is 0 Å². The van der Waals surface area contributed by atoms with E-state index in [0.29, 0.717) is 0 Å². The van der Waals surface area contributed by atoms with Gasteiger partial charge in [0.25, 0.3) is 0 Å². The molecule has 0 saturated heterocycles. The molecule has 0 fully saturated rings. The Morgan fingerprint density at radius 3 is 3.11 bits per heavy atom. The van der Waals surface area contributed by atoms with Crippen LogP contribution in [0.1, 0.15) is 25.0 Å². The van der Waals surface area contributed by atoms with Crippen molar-refractivity contribution in [2.45, 2.75) is 19.3 Å². The van der Waals surface area contributed by atoms with E-state index in [1.54, 1.807) is 12.4 Å². The summed E-state index contributed by atoms with van der Waals surface area (Å²) in [5, 5.41) is 13.2. The zero-order valence-corrected chi connectivity index (χ0v) is 11.3. The number of rotatable bonds is 1. The molecule has 0 radical (unpaired) electrons. The lowest BCUT2D eigenvalue weighted by molar-refractivity contribution is 0.603. The lowest BCUT2D eigenvalue weighted by atomic mass is 9.89. The molecule has 0 saturated carbocycles. The Kier molecular flexibility index (Phi) is 2.88. The molecule has 1 aliphatic carbocycles. The van der Waals surface area contributed by atoms with Crippen LogP contribution in [-0.4, -0.2) is 14.6 Å². The number of nitriles is 1. The van der Waals surface area contributed by atoms with Gasteiger partial charge in [-0.15, -0.1) is 0 Å². The van der Waals surface area contributed by atoms with E-state index in [0.717, 1.165) is 34.9 Å². The highest BCUT2D eigenvalue weighted by Gasteiger charge is 2.18. The number of halogens is 1. The number of hydrogen-bond donors (Lipinski definition) is 0. The van der Waals surface area contributed by atoms with Crippen molar-refractivity contribution >= 4 is 27.0 Å². The van der Waals surface area contributed by atoms with Crippen molar-refractivity contribution in [2.75, 3.05) is 0 Å². The summed E-state index contributed by atoms with van der Waals surface area (Å²) in [7, 11) is 0. The number of fused-ring (bicyclic) bond motifs is 1. The maximum Gasteiger partial charge on any atom is 0.106 e. The van der Waals surface area contributed by atoms with Gasteiger partial charge in [-0.2, -0.15) is 10.4 Å². The van der Waals surface area contributed by atoms with Crippen molar-refractivity contribution < 1.29 is 0 Å². The third-order valence-electron chi connectivity index (χ3n) is 3.28. The van der Waals surface area contributed by atoms with Gasteiger partial charge in [-0.1, -0.05) is 6.08 Å². The van der Waals surface area contributed by atoms with Crippen LogP contribution in [0.2, 0.25) is 0 Å². The largest absolute Gasteiger partial charge is 0.253 e. The first-order chi connectivity index (χ1) is 8.79. The number of allylic oxidation sites excluding steroid dienone is 2. The molecule has 0 amide bonds. The molecule has 18 heavy (non-hydrogen) atoms. The van der Waals surface area contributed by atoms with Crippen molar-refractivity contribution in [2.24, 2.45) is 5.92 Å². The number of nitrogens with zero attached hydrogens (tertiary/aromatic N) is 4. The zero-order valence-electron chi connectivity index (χ0n) is 9.67. The van der Waals surface area contributed by atoms with Crippen LogP contribution in [0, 0.1) is 17.2 Å². The Labute approximate surface area is 113 Å². The summed E-state index contributed by atoms with van der Waals surface area (Å²) in [5.41, 5.74) is 3.19. The highest BCUT2D eigenvalue weighted by Crippen LogP contribution is 2.32. The molecule has 5 heteroatoms. The van der Waals surface area contributed by atoms with Crippen LogP contribution in [0.15, 0.2) is 29.1 Å². The Morgan fingerprint density at radius 2 is 2.39 bits per heavy atom. The molecule has 1 aliphatic rings. The van der Waals surface area contributed by atoms with Gasteiger partial charge in [-0.05, 0) is 40.8 Å². The minimum Gasteiger partial charge on any atom is -0.253 e. The van der Waals surface area contributed by atoms with Gasteiger partial charge in [0, 0.05) is 12.4 Å². The molecule has 90 valence electrons. The second-order valence-corrected chi connectivity index (χ2v) is 5.25. The third-order valence-corrected chi connectivity index (χ3v) is 3.86. The molecule has 0 aromatic carbocycles. The van der Waals surface area contributed by atoms with Gasteiger partial charge in [0.2, 0.25) is 0 Å². The number of hydrogen-bond acceptors (Lipinski definition) is 3. The van der Waals surface area contributed by atoms with Crippen molar-refractivity contribution in [1.29, 1.82) is 5.26 Å². The van der Waals surface area contributed by atoms with Gasteiger partial charge < -0.3 is 0 Å². The summed E-state index contributed by atoms with van der Waals surface area (Å²) in [6.45, 7) is 0. The summed E-state index contributed by atoms with van der Waals surface area (Å²) in [4.78, 5) is 4.47. The highest BCUT2D eigenvalue weighted by molar-refractivity contribution is 9.10. The molecular weight excluding hydrogens is 292 g/mol.